The highest BCUT2D eigenvalue weighted by atomic mass is 32.2. The maximum absolute atomic E-state index is 13.2. The molecule has 1 saturated carbocycles. The van der Waals surface area contributed by atoms with Crippen LogP contribution in [0.1, 0.15) is 47.9 Å². The van der Waals surface area contributed by atoms with Gasteiger partial charge in [-0.1, -0.05) is 12.1 Å². The summed E-state index contributed by atoms with van der Waals surface area (Å²) in [5, 5.41) is 11.0. The van der Waals surface area contributed by atoms with E-state index in [0.29, 0.717) is 31.6 Å². The highest BCUT2D eigenvalue weighted by molar-refractivity contribution is 7.89. The summed E-state index contributed by atoms with van der Waals surface area (Å²) in [5.74, 6) is -0.622. The van der Waals surface area contributed by atoms with Crippen LogP contribution in [0.3, 0.4) is 0 Å². The molecule has 2 aromatic heterocycles. The second-order valence-electron chi connectivity index (χ2n) is 9.26. The molecule has 1 aliphatic heterocycles. The summed E-state index contributed by atoms with van der Waals surface area (Å²) in [6.45, 7) is 0.645. The van der Waals surface area contributed by atoms with Gasteiger partial charge in [-0.25, -0.2) is 13.2 Å². The summed E-state index contributed by atoms with van der Waals surface area (Å²) in [7, 11) is -2.72. The Morgan fingerprint density at radius 1 is 1.08 bits per heavy atom. The minimum Gasteiger partial charge on any atom is -0.465 e. The molecule has 1 N–H and O–H groups in total. The van der Waals surface area contributed by atoms with Crippen LogP contribution in [0.4, 0.5) is 0 Å². The van der Waals surface area contributed by atoms with E-state index >= 15 is 0 Å². The molecular weight excluding hydrogens is 500 g/mol. The topological polar surface area (TPSA) is 145 Å². The number of carbonyl (C=O) groups is 2. The average Bonchev–Trinajstić information content (AvgIpc) is 3.68. The van der Waals surface area contributed by atoms with Crippen LogP contribution in [0, 0.1) is 5.92 Å². The number of rotatable bonds is 8. The van der Waals surface area contributed by atoms with Crippen molar-refractivity contribution in [2.24, 2.45) is 5.92 Å². The largest absolute Gasteiger partial charge is 0.465 e. The Kier molecular flexibility index (Phi) is 6.82. The maximum Gasteiger partial charge on any atom is 0.339 e. The predicted molar refractivity (Wildman–Crippen MR) is 131 cm³/mol. The van der Waals surface area contributed by atoms with Gasteiger partial charge in [0.05, 0.1) is 17.6 Å². The highest BCUT2D eigenvalue weighted by Gasteiger charge is 2.34. The number of aromatic nitrogens is 4. The van der Waals surface area contributed by atoms with Gasteiger partial charge in [0.15, 0.2) is 0 Å². The van der Waals surface area contributed by atoms with Crippen molar-refractivity contribution in [3.8, 4) is 0 Å². The Morgan fingerprint density at radius 2 is 1.81 bits per heavy atom. The lowest BCUT2D eigenvalue weighted by atomic mass is 9.97. The van der Waals surface area contributed by atoms with E-state index in [9.17, 15) is 22.8 Å². The first-order valence-electron chi connectivity index (χ1n) is 12.2. The van der Waals surface area contributed by atoms with Gasteiger partial charge in [-0.15, -0.1) is 10.2 Å². The lowest BCUT2D eigenvalue weighted by molar-refractivity contribution is -0.126. The highest BCUT2D eigenvalue weighted by Crippen LogP contribution is 2.33. The number of sulfonamides is 1. The van der Waals surface area contributed by atoms with Crippen LogP contribution in [-0.2, 0) is 26.0 Å². The second-order valence-corrected chi connectivity index (χ2v) is 11.2. The first kappa shape index (κ1) is 25.1. The zero-order valence-electron chi connectivity index (χ0n) is 20.4. The second kappa shape index (κ2) is 10.1. The molecule has 12 nitrogen and oxygen atoms in total. The van der Waals surface area contributed by atoms with E-state index in [1.54, 1.807) is 33.5 Å². The fourth-order valence-electron chi connectivity index (χ4n) is 4.67. The normalized spacial score (nSPS) is 17.1. The van der Waals surface area contributed by atoms with Crippen LogP contribution in [-0.4, -0.2) is 70.5 Å². The summed E-state index contributed by atoms with van der Waals surface area (Å²) in [6.07, 6.45) is 6.64. The van der Waals surface area contributed by atoms with Gasteiger partial charge in [0.1, 0.15) is 5.82 Å². The van der Waals surface area contributed by atoms with Crippen LogP contribution < -0.4 is 10.9 Å². The molecule has 1 aliphatic carbocycles. The lowest BCUT2D eigenvalue weighted by Gasteiger charge is -2.30. The van der Waals surface area contributed by atoms with Gasteiger partial charge >= 0.3 is 5.97 Å². The zero-order chi connectivity index (χ0) is 26.2. The number of methoxy groups -OCH3 is 1. The van der Waals surface area contributed by atoms with Crippen molar-refractivity contribution in [1.82, 2.24) is 28.8 Å². The molecule has 196 valence electrons. The number of hydrogen-bond donors (Lipinski definition) is 1. The number of fused-ring (bicyclic) bond motifs is 1. The van der Waals surface area contributed by atoms with Crippen molar-refractivity contribution in [3.05, 3.63) is 58.4 Å². The van der Waals surface area contributed by atoms with Crippen LogP contribution in [0.25, 0.3) is 5.65 Å². The number of benzene rings is 1. The van der Waals surface area contributed by atoms with Gasteiger partial charge in [0.2, 0.25) is 21.6 Å². The van der Waals surface area contributed by atoms with Gasteiger partial charge in [-0.05, 0) is 37.8 Å². The number of piperidine rings is 1. The van der Waals surface area contributed by atoms with Crippen molar-refractivity contribution >= 4 is 27.5 Å². The Labute approximate surface area is 213 Å². The van der Waals surface area contributed by atoms with Crippen LogP contribution in [0.2, 0.25) is 0 Å². The van der Waals surface area contributed by atoms with Crippen molar-refractivity contribution in [2.75, 3.05) is 26.7 Å². The number of carbonyl (C=O) groups excluding carboxylic acids is 2. The quantitative estimate of drug-likeness (QED) is 0.422. The lowest BCUT2D eigenvalue weighted by Crippen LogP contribution is -2.43. The number of nitrogens with zero attached hydrogens (tertiary/aromatic N) is 5. The number of ether oxygens (including phenoxy) is 1. The van der Waals surface area contributed by atoms with Crippen molar-refractivity contribution in [3.63, 3.8) is 0 Å². The van der Waals surface area contributed by atoms with Gasteiger partial charge < -0.3 is 14.6 Å². The summed E-state index contributed by atoms with van der Waals surface area (Å²) in [5.41, 5.74) is 0.0964. The van der Waals surface area contributed by atoms with E-state index in [-0.39, 0.29) is 52.6 Å². The third-order valence-electron chi connectivity index (χ3n) is 6.89. The van der Waals surface area contributed by atoms with Crippen molar-refractivity contribution < 1.29 is 22.7 Å². The molecule has 3 heterocycles. The monoisotopic (exact) mass is 528 g/mol. The Balaban J connectivity index is 1.16. The van der Waals surface area contributed by atoms with E-state index in [4.69, 9.17) is 4.74 Å². The number of amides is 1. The number of nitrogens with one attached hydrogen (secondary N) is 1. The minimum atomic E-state index is -3.92. The zero-order valence-corrected chi connectivity index (χ0v) is 21.2. The molecule has 0 unspecified atom stereocenters. The van der Waals surface area contributed by atoms with Crippen molar-refractivity contribution in [2.45, 2.75) is 43.0 Å². The molecule has 3 aromatic rings. The van der Waals surface area contributed by atoms with E-state index in [1.165, 1.54) is 23.5 Å². The molecular formula is C24H28N6O6S. The van der Waals surface area contributed by atoms with Gasteiger partial charge in [0.25, 0.3) is 5.56 Å². The molecule has 1 aromatic carbocycles. The standard InChI is InChI=1S/C24H28N6O6S/c1-36-24(33)18-4-2-3-5-19(18)37(34,35)28-12-9-16(10-13-28)22(31)25-11-8-20-26-27-21-23(32)29(17-6-7-17)14-15-30(20)21/h2-5,14-17H,6-13H2,1H3,(H,25,31). The van der Waals surface area contributed by atoms with Gasteiger partial charge in [-0.2, -0.15) is 4.31 Å². The fraction of sp³-hybridized carbons (Fsp3) is 0.458. The van der Waals surface area contributed by atoms with Gasteiger partial charge in [0, 0.05) is 50.4 Å². The average molecular weight is 529 g/mol. The predicted octanol–water partition coefficient (Wildman–Crippen LogP) is 0.772. The van der Waals surface area contributed by atoms with Crippen molar-refractivity contribution in [1.29, 1.82) is 0 Å². The van der Waals surface area contributed by atoms with Crippen LogP contribution >= 0.6 is 0 Å². The number of esters is 1. The first-order chi connectivity index (χ1) is 17.8. The van der Waals surface area contributed by atoms with E-state index < -0.39 is 16.0 Å². The van der Waals surface area contributed by atoms with Gasteiger partial charge in [-0.3, -0.25) is 14.0 Å². The van der Waals surface area contributed by atoms with Crippen LogP contribution in [0.15, 0.2) is 46.3 Å². The number of hydrogen-bond acceptors (Lipinski definition) is 8. The SMILES string of the molecule is COC(=O)c1ccccc1S(=O)(=O)N1CCC(C(=O)NCCc2nnc3c(=O)n(C4CC4)ccn23)CC1. The summed E-state index contributed by atoms with van der Waals surface area (Å²) >= 11 is 0. The fourth-order valence-corrected chi connectivity index (χ4v) is 6.32. The molecule has 0 spiro atoms. The summed E-state index contributed by atoms with van der Waals surface area (Å²) in [4.78, 5) is 37.2. The molecule has 2 fully saturated rings. The summed E-state index contributed by atoms with van der Waals surface area (Å²) < 4.78 is 35.7. The molecule has 2 aliphatic rings. The Morgan fingerprint density at radius 3 is 2.51 bits per heavy atom. The minimum absolute atomic E-state index is 0.0164. The molecule has 0 bridgehead atoms. The third-order valence-corrected chi connectivity index (χ3v) is 8.85. The smallest absolute Gasteiger partial charge is 0.339 e. The molecule has 0 radical (unpaired) electrons. The third kappa shape index (κ3) is 4.88. The molecule has 1 saturated heterocycles. The Hall–Kier alpha value is -3.58. The van der Waals surface area contributed by atoms with E-state index in [0.717, 1.165) is 12.8 Å². The molecule has 37 heavy (non-hydrogen) atoms. The molecule has 0 atom stereocenters. The first-order valence-corrected chi connectivity index (χ1v) is 13.6. The maximum atomic E-state index is 13.2. The molecule has 5 rings (SSSR count). The molecule has 13 heteroatoms. The van der Waals surface area contributed by atoms with Crippen LogP contribution in [0.5, 0.6) is 0 Å². The Bertz CT molecular complexity index is 1500. The summed E-state index contributed by atoms with van der Waals surface area (Å²) in [6, 6.07) is 6.19. The molecule has 1 amide bonds. The van der Waals surface area contributed by atoms with E-state index in [1.807, 2.05) is 0 Å². The van der Waals surface area contributed by atoms with E-state index in [2.05, 4.69) is 15.5 Å².